The van der Waals surface area contributed by atoms with Crippen LogP contribution in [0.4, 0.5) is 13.2 Å². The second kappa shape index (κ2) is 10.2. The maximum absolute atomic E-state index is 12.8. The van der Waals surface area contributed by atoms with Crippen molar-refractivity contribution in [1.82, 2.24) is 0 Å². The van der Waals surface area contributed by atoms with Crippen LogP contribution in [0.1, 0.15) is 18.1 Å². The zero-order valence-electron chi connectivity index (χ0n) is 16.0. The number of benzene rings is 2. The van der Waals surface area contributed by atoms with Crippen LogP contribution in [0.25, 0.3) is 0 Å². The molecule has 160 valence electrons. The molecule has 0 amide bonds. The van der Waals surface area contributed by atoms with E-state index in [-0.39, 0.29) is 41.0 Å². The molecule has 10 heteroatoms. The third-order valence-corrected chi connectivity index (χ3v) is 4.02. The van der Waals surface area contributed by atoms with Gasteiger partial charge in [0.15, 0.2) is 6.10 Å². The lowest BCUT2D eigenvalue weighted by atomic mass is 10.2. The van der Waals surface area contributed by atoms with E-state index in [1.807, 2.05) is 6.07 Å². The van der Waals surface area contributed by atoms with Crippen LogP contribution in [-0.4, -0.2) is 32.4 Å². The summed E-state index contributed by atoms with van der Waals surface area (Å²) in [7, 11) is 1.46. The Bertz CT molecular complexity index is 943. The minimum absolute atomic E-state index is 0.0210. The highest BCUT2D eigenvalue weighted by Gasteiger charge is 2.31. The Morgan fingerprint density at radius 2 is 1.90 bits per heavy atom. The summed E-state index contributed by atoms with van der Waals surface area (Å²) in [4.78, 5) is 11.9. The minimum Gasteiger partial charge on any atom is -0.477 e. The highest BCUT2D eigenvalue weighted by Crippen LogP contribution is 2.37. The summed E-state index contributed by atoms with van der Waals surface area (Å²) in [5.74, 6) is -0.500. The molecule has 0 saturated heterocycles. The normalized spacial score (nSPS) is 12.0. The van der Waals surface area contributed by atoms with Gasteiger partial charge < -0.3 is 18.9 Å². The molecule has 0 heterocycles. The second-order valence-electron chi connectivity index (χ2n) is 5.94. The smallest absolute Gasteiger partial charge is 0.416 e. The van der Waals surface area contributed by atoms with Crippen molar-refractivity contribution in [3.05, 3.63) is 52.5 Å². The van der Waals surface area contributed by atoms with Crippen LogP contribution in [0.15, 0.2) is 36.4 Å². The summed E-state index contributed by atoms with van der Waals surface area (Å²) in [6.45, 7) is 1.71. The van der Waals surface area contributed by atoms with Gasteiger partial charge in [0, 0.05) is 13.2 Å². The highest BCUT2D eigenvalue weighted by molar-refractivity contribution is 6.32. The standard InChI is InChI=1S/C20H17ClF3NO5/c1-12(19(26)28-8-7-27-2)29-18-10-15(5-3-13(18)11-25)30-17-6-4-14(9-16(17)21)20(22,23)24/h3-6,9-10,12H,7-8H2,1-2H3. The first-order valence-corrected chi connectivity index (χ1v) is 8.94. The topological polar surface area (TPSA) is 77.8 Å². The van der Waals surface area contributed by atoms with Crippen LogP contribution >= 0.6 is 11.6 Å². The first-order chi connectivity index (χ1) is 14.2. The Kier molecular flexibility index (Phi) is 7.92. The molecule has 2 aromatic rings. The fourth-order valence-electron chi connectivity index (χ4n) is 2.22. The Morgan fingerprint density at radius 1 is 1.17 bits per heavy atom. The van der Waals surface area contributed by atoms with Crippen LogP contribution < -0.4 is 9.47 Å². The molecule has 2 rings (SSSR count). The van der Waals surface area contributed by atoms with Gasteiger partial charge in [-0.05, 0) is 37.3 Å². The van der Waals surface area contributed by atoms with Gasteiger partial charge in [0.1, 0.15) is 29.9 Å². The highest BCUT2D eigenvalue weighted by atomic mass is 35.5. The number of methoxy groups -OCH3 is 1. The molecular formula is C20H17ClF3NO5. The molecule has 0 N–H and O–H groups in total. The van der Waals surface area contributed by atoms with E-state index in [9.17, 15) is 23.2 Å². The monoisotopic (exact) mass is 443 g/mol. The Morgan fingerprint density at radius 3 is 2.50 bits per heavy atom. The summed E-state index contributed by atoms with van der Waals surface area (Å²) in [5.41, 5.74) is -0.790. The van der Waals surface area contributed by atoms with Gasteiger partial charge >= 0.3 is 12.1 Å². The summed E-state index contributed by atoms with van der Waals surface area (Å²) >= 11 is 5.89. The van der Waals surface area contributed by atoms with Crippen molar-refractivity contribution in [2.45, 2.75) is 19.2 Å². The lowest BCUT2D eigenvalue weighted by Gasteiger charge is -2.16. The molecule has 1 unspecified atom stereocenters. The van der Waals surface area contributed by atoms with Crippen molar-refractivity contribution in [2.24, 2.45) is 0 Å². The molecule has 1 atom stereocenters. The van der Waals surface area contributed by atoms with Crippen molar-refractivity contribution in [2.75, 3.05) is 20.3 Å². The maximum atomic E-state index is 12.8. The first kappa shape index (κ1) is 23.3. The second-order valence-corrected chi connectivity index (χ2v) is 6.34. The van der Waals surface area contributed by atoms with E-state index in [0.717, 1.165) is 18.2 Å². The van der Waals surface area contributed by atoms with Crippen molar-refractivity contribution in [3.63, 3.8) is 0 Å². The van der Waals surface area contributed by atoms with E-state index in [4.69, 9.17) is 30.5 Å². The quantitative estimate of drug-likeness (QED) is 0.423. The van der Waals surface area contributed by atoms with Crippen LogP contribution in [-0.2, 0) is 20.4 Å². The number of nitriles is 1. The number of hydrogen-bond acceptors (Lipinski definition) is 6. The number of carbonyl (C=O) groups is 1. The van der Waals surface area contributed by atoms with E-state index < -0.39 is 23.8 Å². The lowest BCUT2D eigenvalue weighted by Crippen LogP contribution is -2.27. The predicted molar refractivity (Wildman–Crippen MR) is 101 cm³/mol. The fraction of sp³-hybridized carbons (Fsp3) is 0.300. The zero-order chi connectivity index (χ0) is 22.3. The molecule has 0 aliphatic carbocycles. The van der Waals surface area contributed by atoms with Crippen molar-refractivity contribution >= 4 is 17.6 Å². The van der Waals surface area contributed by atoms with E-state index in [1.54, 1.807) is 0 Å². The summed E-state index contributed by atoms with van der Waals surface area (Å²) in [6.07, 6.45) is -5.56. The number of rotatable bonds is 8. The number of halogens is 4. The molecule has 6 nitrogen and oxygen atoms in total. The van der Waals surface area contributed by atoms with Crippen LogP contribution in [0.3, 0.4) is 0 Å². The van der Waals surface area contributed by atoms with E-state index in [2.05, 4.69) is 0 Å². The molecule has 0 fully saturated rings. The number of carbonyl (C=O) groups excluding carboxylic acids is 1. The van der Waals surface area contributed by atoms with Gasteiger partial charge in [-0.1, -0.05) is 11.6 Å². The number of alkyl halides is 3. The minimum atomic E-state index is -4.54. The largest absolute Gasteiger partial charge is 0.477 e. The summed E-state index contributed by atoms with van der Waals surface area (Å²) < 4.78 is 59.0. The molecule has 0 spiro atoms. The van der Waals surface area contributed by atoms with Gasteiger partial charge in [-0.25, -0.2) is 4.79 Å². The van der Waals surface area contributed by atoms with Crippen LogP contribution in [0.2, 0.25) is 5.02 Å². The number of nitrogens with zero attached hydrogens (tertiary/aromatic N) is 1. The van der Waals surface area contributed by atoms with Crippen molar-refractivity contribution in [1.29, 1.82) is 5.26 Å². The lowest BCUT2D eigenvalue weighted by molar-refractivity contribution is -0.152. The van der Waals surface area contributed by atoms with Gasteiger partial charge in [0.2, 0.25) is 0 Å². The maximum Gasteiger partial charge on any atom is 0.416 e. The van der Waals surface area contributed by atoms with Crippen molar-refractivity contribution in [3.8, 4) is 23.3 Å². The van der Waals surface area contributed by atoms with Gasteiger partial charge in [-0.3, -0.25) is 0 Å². The third kappa shape index (κ3) is 6.27. The molecule has 30 heavy (non-hydrogen) atoms. The SMILES string of the molecule is COCCOC(=O)C(C)Oc1cc(Oc2ccc(C(F)(F)F)cc2Cl)ccc1C#N. The van der Waals surface area contributed by atoms with E-state index in [1.165, 1.54) is 32.2 Å². The fourth-order valence-corrected chi connectivity index (χ4v) is 2.44. The van der Waals surface area contributed by atoms with Crippen LogP contribution in [0, 0.1) is 11.3 Å². The van der Waals surface area contributed by atoms with Gasteiger partial charge in [0.25, 0.3) is 0 Å². The Balaban J connectivity index is 2.18. The zero-order valence-corrected chi connectivity index (χ0v) is 16.7. The molecule has 0 aliphatic heterocycles. The van der Waals surface area contributed by atoms with Gasteiger partial charge in [0.05, 0.1) is 22.8 Å². The molecule has 0 aliphatic rings. The number of esters is 1. The van der Waals surface area contributed by atoms with Gasteiger partial charge in [-0.15, -0.1) is 0 Å². The van der Waals surface area contributed by atoms with Crippen LogP contribution in [0.5, 0.6) is 17.2 Å². The molecular weight excluding hydrogens is 427 g/mol. The average molecular weight is 444 g/mol. The summed E-state index contributed by atoms with van der Waals surface area (Å²) in [5, 5.41) is 9.00. The van der Waals surface area contributed by atoms with E-state index in [0.29, 0.717) is 0 Å². The first-order valence-electron chi connectivity index (χ1n) is 8.56. The molecule has 0 aromatic heterocycles. The third-order valence-electron chi connectivity index (χ3n) is 3.73. The Hall–Kier alpha value is -2.96. The number of hydrogen-bond donors (Lipinski definition) is 0. The predicted octanol–water partition coefficient (Wildman–Crippen LogP) is 4.98. The molecule has 2 aromatic carbocycles. The van der Waals surface area contributed by atoms with Crippen molar-refractivity contribution < 1.29 is 36.9 Å². The average Bonchev–Trinajstić information content (AvgIpc) is 2.69. The summed E-state index contributed by atoms with van der Waals surface area (Å²) in [6, 6.07) is 8.70. The van der Waals surface area contributed by atoms with Gasteiger partial charge in [-0.2, -0.15) is 18.4 Å². The van der Waals surface area contributed by atoms with E-state index >= 15 is 0 Å². The Labute approximate surface area is 175 Å². The molecule has 0 saturated carbocycles. The number of ether oxygens (including phenoxy) is 4. The molecule has 0 bridgehead atoms. The molecule has 0 radical (unpaired) electrons.